The molecule has 0 spiro atoms. The van der Waals surface area contributed by atoms with Gasteiger partial charge in [0.1, 0.15) is 0 Å². The fourth-order valence-electron chi connectivity index (χ4n) is 4.59. The third-order valence-electron chi connectivity index (χ3n) is 6.31. The van der Waals surface area contributed by atoms with E-state index in [0.717, 1.165) is 32.4 Å². The molecular formula is C20H30N4O3S. The second-order valence-electron chi connectivity index (χ2n) is 7.89. The zero-order valence-electron chi connectivity index (χ0n) is 16.6. The molecule has 154 valence electrons. The SMILES string of the molecule is CCN1Cc2ccccc2CC1C(=O)N1CCN(S(=O)(=O)N2CCCC2)CC1. The van der Waals surface area contributed by atoms with Crippen LogP contribution in [0.4, 0.5) is 0 Å². The first-order valence-electron chi connectivity index (χ1n) is 10.4. The van der Waals surface area contributed by atoms with Gasteiger partial charge in [-0.3, -0.25) is 9.69 Å². The Kier molecular flexibility index (Phi) is 5.73. The molecule has 7 nitrogen and oxygen atoms in total. The monoisotopic (exact) mass is 406 g/mol. The summed E-state index contributed by atoms with van der Waals surface area (Å²) in [6.45, 7) is 6.68. The van der Waals surface area contributed by atoms with Crippen LogP contribution in [0.25, 0.3) is 0 Å². The minimum Gasteiger partial charge on any atom is -0.339 e. The first-order chi connectivity index (χ1) is 13.5. The molecule has 3 aliphatic heterocycles. The van der Waals surface area contributed by atoms with Crippen molar-refractivity contribution in [2.24, 2.45) is 0 Å². The maximum absolute atomic E-state index is 13.3. The van der Waals surface area contributed by atoms with E-state index in [1.165, 1.54) is 11.1 Å². The highest BCUT2D eigenvalue weighted by atomic mass is 32.2. The second kappa shape index (κ2) is 8.10. The molecule has 0 bridgehead atoms. The molecule has 0 saturated carbocycles. The number of likely N-dealkylation sites (N-methyl/N-ethyl adjacent to an activating group) is 1. The molecule has 28 heavy (non-hydrogen) atoms. The lowest BCUT2D eigenvalue weighted by atomic mass is 9.93. The molecular weight excluding hydrogens is 376 g/mol. The van der Waals surface area contributed by atoms with Crippen molar-refractivity contribution in [2.75, 3.05) is 45.8 Å². The molecule has 1 amide bonds. The molecule has 0 N–H and O–H groups in total. The quantitative estimate of drug-likeness (QED) is 0.746. The number of hydrogen-bond donors (Lipinski definition) is 0. The average molecular weight is 407 g/mol. The number of hydrogen-bond acceptors (Lipinski definition) is 4. The lowest BCUT2D eigenvalue weighted by Crippen LogP contribution is -2.58. The number of nitrogens with zero attached hydrogens (tertiary/aromatic N) is 4. The standard InChI is InChI=1S/C20H30N4O3S/c1-2-21-16-18-8-4-3-7-17(18)15-19(21)20(25)22-11-13-24(14-12-22)28(26,27)23-9-5-6-10-23/h3-4,7-8,19H,2,5-6,9-16H2,1H3. The third kappa shape index (κ3) is 3.70. The predicted molar refractivity (Wildman–Crippen MR) is 108 cm³/mol. The van der Waals surface area contributed by atoms with Crippen LogP contribution in [0.2, 0.25) is 0 Å². The predicted octanol–water partition coefficient (Wildman–Crippen LogP) is 0.918. The van der Waals surface area contributed by atoms with Crippen LogP contribution in [0.3, 0.4) is 0 Å². The topological polar surface area (TPSA) is 64.2 Å². The lowest BCUT2D eigenvalue weighted by Gasteiger charge is -2.41. The summed E-state index contributed by atoms with van der Waals surface area (Å²) in [5.41, 5.74) is 2.55. The number of benzene rings is 1. The molecule has 2 saturated heterocycles. The van der Waals surface area contributed by atoms with Gasteiger partial charge in [-0.25, -0.2) is 0 Å². The van der Waals surface area contributed by atoms with Gasteiger partial charge in [-0.15, -0.1) is 0 Å². The average Bonchev–Trinajstić information content (AvgIpc) is 3.28. The highest BCUT2D eigenvalue weighted by Gasteiger charge is 2.38. The Morgan fingerprint density at radius 2 is 1.57 bits per heavy atom. The van der Waals surface area contributed by atoms with Crippen molar-refractivity contribution in [3.8, 4) is 0 Å². The highest BCUT2D eigenvalue weighted by molar-refractivity contribution is 7.86. The van der Waals surface area contributed by atoms with E-state index < -0.39 is 10.2 Å². The maximum atomic E-state index is 13.3. The zero-order valence-corrected chi connectivity index (χ0v) is 17.4. The third-order valence-corrected chi connectivity index (χ3v) is 8.34. The van der Waals surface area contributed by atoms with E-state index in [2.05, 4.69) is 30.0 Å². The van der Waals surface area contributed by atoms with Crippen LogP contribution in [0.5, 0.6) is 0 Å². The number of fused-ring (bicyclic) bond motifs is 1. The molecule has 4 rings (SSSR count). The molecule has 1 aromatic rings. The number of carbonyl (C=O) groups excluding carboxylic acids is 1. The van der Waals surface area contributed by atoms with Crippen LogP contribution in [-0.4, -0.2) is 84.6 Å². The molecule has 2 fully saturated rings. The van der Waals surface area contributed by atoms with E-state index in [-0.39, 0.29) is 11.9 Å². The second-order valence-corrected chi connectivity index (χ2v) is 9.82. The lowest BCUT2D eigenvalue weighted by molar-refractivity contribution is -0.138. The Balaban J connectivity index is 1.41. The summed E-state index contributed by atoms with van der Waals surface area (Å²) in [4.78, 5) is 17.3. The van der Waals surface area contributed by atoms with Gasteiger partial charge in [0.15, 0.2) is 0 Å². The summed E-state index contributed by atoms with van der Waals surface area (Å²) in [6.07, 6.45) is 2.61. The van der Waals surface area contributed by atoms with Crippen molar-refractivity contribution in [3.05, 3.63) is 35.4 Å². The van der Waals surface area contributed by atoms with Gasteiger partial charge in [-0.2, -0.15) is 17.0 Å². The number of amides is 1. The fourth-order valence-corrected chi connectivity index (χ4v) is 6.26. The van der Waals surface area contributed by atoms with Gasteiger partial charge in [0.25, 0.3) is 10.2 Å². The van der Waals surface area contributed by atoms with Crippen LogP contribution in [-0.2, 0) is 28.0 Å². The van der Waals surface area contributed by atoms with E-state index in [1.54, 1.807) is 8.61 Å². The van der Waals surface area contributed by atoms with E-state index in [4.69, 9.17) is 0 Å². The minimum atomic E-state index is -3.37. The number of piperazine rings is 1. The van der Waals surface area contributed by atoms with Crippen LogP contribution in [0.1, 0.15) is 30.9 Å². The maximum Gasteiger partial charge on any atom is 0.282 e. The molecule has 3 aliphatic rings. The smallest absolute Gasteiger partial charge is 0.282 e. The van der Waals surface area contributed by atoms with Crippen molar-refractivity contribution >= 4 is 16.1 Å². The summed E-state index contributed by atoms with van der Waals surface area (Å²) >= 11 is 0. The largest absolute Gasteiger partial charge is 0.339 e. The molecule has 8 heteroatoms. The molecule has 1 aromatic carbocycles. The summed E-state index contributed by atoms with van der Waals surface area (Å²) in [5.74, 6) is 0.134. The van der Waals surface area contributed by atoms with Crippen LogP contribution in [0.15, 0.2) is 24.3 Å². The molecule has 3 heterocycles. The molecule has 1 unspecified atom stereocenters. The molecule has 0 aromatic heterocycles. The summed E-state index contributed by atoms with van der Waals surface area (Å²) in [5, 5.41) is 0. The van der Waals surface area contributed by atoms with E-state index >= 15 is 0 Å². The van der Waals surface area contributed by atoms with Crippen molar-refractivity contribution in [3.63, 3.8) is 0 Å². The molecule has 0 radical (unpaired) electrons. The normalized spacial score (nSPS) is 25.0. The van der Waals surface area contributed by atoms with E-state index in [0.29, 0.717) is 39.3 Å². The Labute approximate surface area is 168 Å². The summed E-state index contributed by atoms with van der Waals surface area (Å²) < 4.78 is 28.6. The van der Waals surface area contributed by atoms with Gasteiger partial charge in [0.05, 0.1) is 6.04 Å². The first-order valence-corrected chi connectivity index (χ1v) is 11.7. The molecule has 1 atom stereocenters. The van der Waals surface area contributed by atoms with Crippen molar-refractivity contribution < 1.29 is 13.2 Å². The highest BCUT2D eigenvalue weighted by Crippen LogP contribution is 2.25. The van der Waals surface area contributed by atoms with Gasteiger partial charge in [0, 0.05) is 45.8 Å². The van der Waals surface area contributed by atoms with Crippen LogP contribution < -0.4 is 0 Å². The van der Waals surface area contributed by atoms with Gasteiger partial charge in [0.2, 0.25) is 5.91 Å². The Hall–Kier alpha value is -1.48. The van der Waals surface area contributed by atoms with Crippen LogP contribution >= 0.6 is 0 Å². The summed E-state index contributed by atoms with van der Waals surface area (Å²) in [6, 6.07) is 8.18. The van der Waals surface area contributed by atoms with Crippen molar-refractivity contribution in [1.82, 2.24) is 18.4 Å². The van der Waals surface area contributed by atoms with Crippen molar-refractivity contribution in [2.45, 2.75) is 38.8 Å². The molecule has 0 aliphatic carbocycles. The minimum absolute atomic E-state index is 0.134. The number of carbonyl (C=O) groups is 1. The van der Waals surface area contributed by atoms with Gasteiger partial charge >= 0.3 is 0 Å². The Morgan fingerprint density at radius 1 is 0.964 bits per heavy atom. The Morgan fingerprint density at radius 3 is 2.21 bits per heavy atom. The first kappa shape index (κ1) is 19.8. The van der Waals surface area contributed by atoms with E-state index in [1.807, 2.05) is 11.0 Å². The van der Waals surface area contributed by atoms with Gasteiger partial charge < -0.3 is 4.90 Å². The Bertz CT molecular complexity index is 814. The van der Waals surface area contributed by atoms with Gasteiger partial charge in [-0.05, 0) is 36.9 Å². The number of rotatable bonds is 4. The van der Waals surface area contributed by atoms with Gasteiger partial charge in [-0.1, -0.05) is 31.2 Å². The summed E-state index contributed by atoms with van der Waals surface area (Å²) in [7, 11) is -3.37. The zero-order chi connectivity index (χ0) is 19.7. The fraction of sp³-hybridized carbons (Fsp3) is 0.650. The van der Waals surface area contributed by atoms with Crippen molar-refractivity contribution in [1.29, 1.82) is 0 Å². The van der Waals surface area contributed by atoms with E-state index in [9.17, 15) is 13.2 Å². The van der Waals surface area contributed by atoms with Crippen LogP contribution in [0, 0.1) is 0 Å².